The second kappa shape index (κ2) is 11.7. The summed E-state index contributed by atoms with van der Waals surface area (Å²) < 4.78 is 19.5. The van der Waals surface area contributed by atoms with Crippen molar-refractivity contribution in [2.75, 3.05) is 32.7 Å². The van der Waals surface area contributed by atoms with E-state index in [0.717, 1.165) is 69.7 Å². The number of halogens is 3. The molecule has 8 heteroatoms. The zero-order chi connectivity index (χ0) is 25.9. The average molecular weight is 538 g/mol. The van der Waals surface area contributed by atoms with E-state index in [2.05, 4.69) is 9.80 Å². The third-order valence-corrected chi connectivity index (χ3v) is 8.90. The smallest absolute Gasteiger partial charge is 0.324 e. The van der Waals surface area contributed by atoms with Gasteiger partial charge in [0.05, 0.1) is 10.0 Å². The maximum Gasteiger partial charge on any atom is 0.324 e. The molecule has 2 saturated heterocycles. The highest BCUT2D eigenvalue weighted by Crippen LogP contribution is 2.37. The zero-order valence-corrected chi connectivity index (χ0v) is 22.4. The Kier molecular flexibility index (Phi) is 8.82. The minimum atomic E-state index is -1.04. The Morgan fingerprint density at radius 1 is 1.06 bits per heavy atom. The van der Waals surface area contributed by atoms with Crippen molar-refractivity contribution in [1.29, 1.82) is 0 Å². The summed E-state index contributed by atoms with van der Waals surface area (Å²) in [7, 11) is 0. The summed E-state index contributed by atoms with van der Waals surface area (Å²) in [5.74, 6) is -0.100. The number of benzene rings is 2. The first-order chi connectivity index (χ1) is 17.2. The first-order valence-electron chi connectivity index (χ1n) is 12.7. The minimum absolute atomic E-state index is 0.171. The number of piperidine rings is 2. The largest absolute Gasteiger partial charge is 0.490 e. The molecule has 0 bridgehead atoms. The lowest BCUT2D eigenvalue weighted by atomic mass is 9.78. The lowest BCUT2D eigenvalue weighted by molar-refractivity contribution is -0.153. The molecule has 0 amide bonds. The number of hydrogen-bond acceptors (Lipinski definition) is 4. The van der Waals surface area contributed by atoms with Crippen molar-refractivity contribution in [2.45, 2.75) is 57.1 Å². The summed E-state index contributed by atoms with van der Waals surface area (Å²) in [4.78, 5) is 17.1. The van der Waals surface area contributed by atoms with Gasteiger partial charge in [-0.3, -0.25) is 9.69 Å². The van der Waals surface area contributed by atoms with Gasteiger partial charge >= 0.3 is 5.97 Å². The van der Waals surface area contributed by atoms with Gasteiger partial charge in [0.25, 0.3) is 0 Å². The van der Waals surface area contributed by atoms with E-state index in [-0.39, 0.29) is 17.8 Å². The average Bonchev–Trinajstić information content (AvgIpc) is 2.87. The van der Waals surface area contributed by atoms with E-state index >= 15 is 0 Å². The third-order valence-electron chi connectivity index (χ3n) is 8.16. The molecule has 0 spiro atoms. The van der Waals surface area contributed by atoms with Crippen LogP contribution in [0.15, 0.2) is 42.5 Å². The van der Waals surface area contributed by atoms with Crippen LogP contribution in [0, 0.1) is 11.7 Å². The molecule has 1 N–H and O–H groups in total. The van der Waals surface area contributed by atoms with Crippen molar-refractivity contribution < 1.29 is 19.0 Å². The van der Waals surface area contributed by atoms with E-state index in [1.54, 1.807) is 24.3 Å². The quantitative estimate of drug-likeness (QED) is 0.426. The van der Waals surface area contributed by atoms with Gasteiger partial charge in [0.1, 0.15) is 23.2 Å². The molecule has 0 saturated carbocycles. The fraction of sp³-hybridized carbons (Fsp3) is 0.536. The molecule has 0 radical (unpaired) electrons. The van der Waals surface area contributed by atoms with E-state index in [4.69, 9.17) is 27.9 Å². The molecule has 36 heavy (non-hydrogen) atoms. The topological polar surface area (TPSA) is 53.0 Å². The number of carboxylic acid groups (broad SMARTS) is 1. The summed E-state index contributed by atoms with van der Waals surface area (Å²) >= 11 is 12.1. The van der Waals surface area contributed by atoms with Crippen molar-refractivity contribution in [3.8, 4) is 5.75 Å². The molecule has 2 heterocycles. The number of carboxylic acids is 1. The van der Waals surface area contributed by atoms with Gasteiger partial charge in [-0.1, -0.05) is 42.3 Å². The number of hydrogen-bond donors (Lipinski definition) is 1. The summed E-state index contributed by atoms with van der Waals surface area (Å²) in [5.41, 5.74) is -0.197. The maximum absolute atomic E-state index is 13.4. The fourth-order valence-electron chi connectivity index (χ4n) is 5.57. The molecule has 2 aliphatic heterocycles. The highest BCUT2D eigenvalue weighted by atomic mass is 35.5. The van der Waals surface area contributed by atoms with Crippen molar-refractivity contribution in [3.63, 3.8) is 0 Å². The highest BCUT2D eigenvalue weighted by molar-refractivity contribution is 6.42. The number of ether oxygens (including phenoxy) is 1. The van der Waals surface area contributed by atoms with Gasteiger partial charge in [-0.25, -0.2) is 4.39 Å². The number of rotatable bonds is 8. The number of nitrogens with zero attached hydrogens (tertiary/aromatic N) is 2. The Morgan fingerprint density at radius 2 is 1.69 bits per heavy atom. The van der Waals surface area contributed by atoms with Crippen LogP contribution in [0.3, 0.4) is 0 Å². The summed E-state index contributed by atoms with van der Waals surface area (Å²) in [5, 5.41) is 11.2. The Balaban J connectivity index is 1.27. The van der Waals surface area contributed by atoms with Gasteiger partial charge in [0.15, 0.2) is 0 Å². The fourth-order valence-corrected chi connectivity index (χ4v) is 5.86. The molecule has 0 aliphatic carbocycles. The zero-order valence-electron chi connectivity index (χ0n) is 20.9. The van der Waals surface area contributed by atoms with Crippen LogP contribution in [-0.4, -0.2) is 65.2 Å². The molecule has 2 aliphatic rings. The van der Waals surface area contributed by atoms with Crippen molar-refractivity contribution in [3.05, 3.63) is 63.9 Å². The third kappa shape index (κ3) is 6.16. The molecule has 1 unspecified atom stereocenters. The Hall–Kier alpha value is -1.86. The Labute approximate surface area is 223 Å². The van der Waals surface area contributed by atoms with Gasteiger partial charge in [0, 0.05) is 31.6 Å². The number of carbonyl (C=O) groups is 1. The van der Waals surface area contributed by atoms with Crippen LogP contribution in [0.2, 0.25) is 10.0 Å². The van der Waals surface area contributed by atoms with Crippen molar-refractivity contribution in [1.82, 2.24) is 9.80 Å². The van der Waals surface area contributed by atoms with Crippen LogP contribution in [0.1, 0.15) is 51.0 Å². The molecular weight excluding hydrogens is 502 g/mol. The second-order valence-corrected chi connectivity index (χ2v) is 11.2. The summed E-state index contributed by atoms with van der Waals surface area (Å²) in [6.45, 7) is 8.23. The molecule has 0 aromatic heterocycles. The molecular formula is C28H35Cl2FN2O3. The van der Waals surface area contributed by atoms with Crippen LogP contribution >= 0.6 is 23.2 Å². The molecule has 2 aromatic carbocycles. The van der Waals surface area contributed by atoms with Gasteiger partial charge in [0.2, 0.25) is 0 Å². The monoisotopic (exact) mass is 536 g/mol. The van der Waals surface area contributed by atoms with Crippen molar-refractivity contribution in [2.24, 2.45) is 5.92 Å². The maximum atomic E-state index is 13.4. The lowest BCUT2D eigenvalue weighted by Crippen LogP contribution is -2.58. The van der Waals surface area contributed by atoms with E-state index < -0.39 is 11.5 Å². The molecule has 2 aromatic rings. The van der Waals surface area contributed by atoms with E-state index in [9.17, 15) is 14.3 Å². The predicted molar refractivity (Wildman–Crippen MR) is 142 cm³/mol. The Morgan fingerprint density at radius 3 is 2.28 bits per heavy atom. The number of aliphatic carboxylic acids is 1. The number of likely N-dealkylation sites (tertiary alicyclic amines) is 2. The normalized spacial score (nSPS) is 21.1. The van der Waals surface area contributed by atoms with Crippen molar-refractivity contribution >= 4 is 29.2 Å². The van der Waals surface area contributed by atoms with E-state index in [1.165, 1.54) is 12.1 Å². The molecule has 2 fully saturated rings. The highest BCUT2D eigenvalue weighted by Gasteiger charge is 2.46. The SMILES string of the molecule is CC(c1ccc(F)cc1)[C@@](C)(C(=O)O)N1CCC(CN2CCC(Oc3ccc(Cl)c(Cl)c3)CC2)CC1. The first kappa shape index (κ1) is 27.2. The molecule has 196 valence electrons. The molecule has 5 nitrogen and oxygen atoms in total. The standard InChI is InChI=1S/C28H35Cl2FN2O3/c1-19(21-3-5-22(31)6-4-21)28(2,27(34)35)33-15-9-20(10-16-33)18-32-13-11-23(12-14-32)36-24-7-8-25(29)26(30)17-24/h3-8,17,19-20,23H,9-16,18H2,1-2H3,(H,34,35)/t19?,28-/m0/s1. The predicted octanol–water partition coefficient (Wildman–Crippen LogP) is 6.33. The van der Waals surface area contributed by atoms with Crippen LogP contribution in [0.25, 0.3) is 0 Å². The van der Waals surface area contributed by atoms with E-state index in [1.807, 2.05) is 19.9 Å². The van der Waals surface area contributed by atoms with Gasteiger partial charge < -0.3 is 14.7 Å². The first-order valence-corrected chi connectivity index (χ1v) is 13.5. The second-order valence-electron chi connectivity index (χ2n) is 10.4. The van der Waals surface area contributed by atoms with Gasteiger partial charge in [-0.15, -0.1) is 0 Å². The van der Waals surface area contributed by atoms with Crippen LogP contribution in [-0.2, 0) is 4.79 Å². The molecule has 2 atom stereocenters. The minimum Gasteiger partial charge on any atom is -0.490 e. The summed E-state index contributed by atoms with van der Waals surface area (Å²) in [6.07, 6.45) is 4.04. The van der Waals surface area contributed by atoms with Crippen LogP contribution in [0.5, 0.6) is 5.75 Å². The lowest BCUT2D eigenvalue weighted by Gasteiger charge is -2.46. The van der Waals surface area contributed by atoms with Gasteiger partial charge in [-0.05, 0) is 81.4 Å². The van der Waals surface area contributed by atoms with E-state index in [0.29, 0.717) is 16.0 Å². The Bertz CT molecular complexity index is 1040. The van der Waals surface area contributed by atoms with Crippen LogP contribution < -0.4 is 4.74 Å². The van der Waals surface area contributed by atoms with Gasteiger partial charge in [-0.2, -0.15) is 0 Å². The molecule has 4 rings (SSSR count). The summed E-state index contributed by atoms with van der Waals surface area (Å²) in [6, 6.07) is 11.6. The van der Waals surface area contributed by atoms with Crippen LogP contribution in [0.4, 0.5) is 4.39 Å².